The van der Waals surface area contributed by atoms with Crippen LogP contribution in [-0.4, -0.2) is 16.7 Å². The van der Waals surface area contributed by atoms with Crippen LogP contribution in [0.15, 0.2) is 48.8 Å². The van der Waals surface area contributed by atoms with Crippen molar-refractivity contribution in [2.75, 3.05) is 7.11 Å². The third kappa shape index (κ3) is 2.17. The van der Waals surface area contributed by atoms with Gasteiger partial charge in [-0.15, -0.1) is 0 Å². The summed E-state index contributed by atoms with van der Waals surface area (Å²) in [6.07, 6.45) is 3.63. The second kappa shape index (κ2) is 4.72. The van der Waals surface area contributed by atoms with Crippen LogP contribution in [0.2, 0.25) is 0 Å². The highest BCUT2D eigenvalue weighted by Gasteiger charge is 2.07. The van der Waals surface area contributed by atoms with Crippen molar-refractivity contribution in [3.63, 3.8) is 0 Å². The predicted molar refractivity (Wildman–Crippen MR) is 71.8 cm³/mol. The van der Waals surface area contributed by atoms with Gasteiger partial charge in [0.05, 0.1) is 19.2 Å². The van der Waals surface area contributed by atoms with Crippen molar-refractivity contribution >= 4 is 10.9 Å². The Kier molecular flexibility index (Phi) is 2.91. The van der Waals surface area contributed by atoms with Crippen LogP contribution < -0.4 is 4.74 Å². The zero-order valence-corrected chi connectivity index (χ0v) is 10.5. The molecule has 0 saturated carbocycles. The molecule has 4 heteroatoms. The molecule has 0 spiro atoms. The summed E-state index contributed by atoms with van der Waals surface area (Å²) >= 11 is 0. The molecule has 2 aromatic heterocycles. The fraction of sp³-hybridized carbons (Fsp3) is 0.133. The van der Waals surface area contributed by atoms with Crippen molar-refractivity contribution in [2.24, 2.45) is 0 Å². The quantitative estimate of drug-likeness (QED) is 0.719. The van der Waals surface area contributed by atoms with Crippen LogP contribution in [0.1, 0.15) is 5.56 Å². The average Bonchev–Trinajstić information content (AvgIpc) is 2.82. The predicted octanol–water partition coefficient (Wildman–Crippen LogP) is 3.23. The Hall–Kier alpha value is -2.36. The van der Waals surface area contributed by atoms with E-state index in [1.54, 1.807) is 19.4 Å². The number of hydrogen-bond donors (Lipinski definition) is 0. The van der Waals surface area contributed by atoms with Gasteiger partial charge in [-0.3, -0.25) is 0 Å². The Labute approximate surface area is 110 Å². The van der Waals surface area contributed by atoms with Crippen molar-refractivity contribution in [1.82, 2.24) is 9.55 Å². The Bertz CT molecular complexity index is 721. The maximum absolute atomic E-state index is 13.3. The highest BCUT2D eigenvalue weighted by molar-refractivity contribution is 5.80. The standard InChI is InChI=1S/C15H13FN2O/c1-19-15-12(3-2-7-17-15)10-18-8-6-11-4-5-13(16)9-14(11)18/h2-9H,10H2,1H3. The summed E-state index contributed by atoms with van der Waals surface area (Å²) < 4.78 is 20.5. The van der Waals surface area contributed by atoms with Crippen LogP contribution >= 0.6 is 0 Å². The minimum absolute atomic E-state index is 0.231. The summed E-state index contributed by atoms with van der Waals surface area (Å²) in [5, 5.41) is 1.02. The first-order valence-corrected chi connectivity index (χ1v) is 6.00. The van der Waals surface area contributed by atoms with Gasteiger partial charge in [-0.05, 0) is 35.7 Å². The Balaban J connectivity index is 2.03. The molecule has 0 aliphatic carbocycles. The van der Waals surface area contributed by atoms with E-state index in [0.29, 0.717) is 12.4 Å². The van der Waals surface area contributed by atoms with Crippen LogP contribution in [0.3, 0.4) is 0 Å². The molecule has 0 saturated heterocycles. The molecule has 0 aliphatic rings. The normalized spacial score (nSPS) is 10.8. The summed E-state index contributed by atoms with van der Waals surface area (Å²) in [5.74, 6) is 0.367. The summed E-state index contributed by atoms with van der Waals surface area (Å²) in [6.45, 7) is 0.601. The van der Waals surface area contributed by atoms with Crippen LogP contribution in [0.5, 0.6) is 5.88 Å². The molecule has 0 aliphatic heterocycles. The van der Waals surface area contributed by atoms with Gasteiger partial charge in [0.25, 0.3) is 0 Å². The SMILES string of the molecule is COc1ncccc1Cn1ccc2ccc(F)cc21. The molecular formula is C15H13FN2O. The molecule has 3 rings (SSSR count). The number of benzene rings is 1. The fourth-order valence-corrected chi connectivity index (χ4v) is 2.21. The maximum Gasteiger partial charge on any atom is 0.218 e. The number of halogens is 1. The van der Waals surface area contributed by atoms with Crippen LogP contribution in [0.4, 0.5) is 4.39 Å². The van der Waals surface area contributed by atoms with Crippen LogP contribution in [0.25, 0.3) is 10.9 Å². The fourth-order valence-electron chi connectivity index (χ4n) is 2.21. The first-order chi connectivity index (χ1) is 9.28. The zero-order chi connectivity index (χ0) is 13.2. The average molecular weight is 256 g/mol. The van der Waals surface area contributed by atoms with Crippen molar-refractivity contribution < 1.29 is 9.13 Å². The van der Waals surface area contributed by atoms with E-state index in [2.05, 4.69) is 4.98 Å². The van der Waals surface area contributed by atoms with Crippen LogP contribution in [-0.2, 0) is 6.54 Å². The largest absolute Gasteiger partial charge is 0.481 e. The summed E-state index contributed by atoms with van der Waals surface area (Å²) in [5.41, 5.74) is 1.83. The second-order valence-corrected chi connectivity index (χ2v) is 4.32. The third-order valence-electron chi connectivity index (χ3n) is 3.12. The minimum Gasteiger partial charge on any atom is -0.481 e. The summed E-state index contributed by atoms with van der Waals surface area (Å²) in [7, 11) is 1.60. The van der Waals surface area contributed by atoms with Gasteiger partial charge in [0.15, 0.2) is 0 Å². The highest BCUT2D eigenvalue weighted by atomic mass is 19.1. The molecule has 0 fully saturated rings. The van der Waals surface area contributed by atoms with Gasteiger partial charge in [-0.2, -0.15) is 0 Å². The molecule has 0 bridgehead atoms. The topological polar surface area (TPSA) is 27.1 Å². The van der Waals surface area contributed by atoms with E-state index in [9.17, 15) is 4.39 Å². The van der Waals surface area contributed by atoms with Crippen molar-refractivity contribution in [1.29, 1.82) is 0 Å². The monoisotopic (exact) mass is 256 g/mol. The number of methoxy groups -OCH3 is 1. The minimum atomic E-state index is -0.231. The van der Waals surface area contributed by atoms with E-state index in [1.165, 1.54) is 12.1 Å². The number of aromatic nitrogens is 2. The molecule has 0 unspecified atom stereocenters. The third-order valence-corrected chi connectivity index (χ3v) is 3.12. The van der Waals surface area contributed by atoms with Gasteiger partial charge in [0, 0.05) is 18.0 Å². The zero-order valence-electron chi connectivity index (χ0n) is 10.5. The number of fused-ring (bicyclic) bond motifs is 1. The molecule has 3 aromatic rings. The molecule has 3 nitrogen and oxygen atoms in total. The van der Waals surface area contributed by atoms with E-state index >= 15 is 0 Å². The van der Waals surface area contributed by atoms with Gasteiger partial charge in [-0.1, -0.05) is 6.07 Å². The molecular weight excluding hydrogens is 243 g/mol. The number of nitrogens with zero attached hydrogens (tertiary/aromatic N) is 2. The van der Waals surface area contributed by atoms with Crippen molar-refractivity contribution in [3.05, 3.63) is 60.2 Å². The Morgan fingerprint density at radius 1 is 1.26 bits per heavy atom. The van der Waals surface area contributed by atoms with E-state index in [4.69, 9.17) is 4.74 Å². The Morgan fingerprint density at radius 3 is 3.00 bits per heavy atom. The molecule has 96 valence electrons. The smallest absolute Gasteiger partial charge is 0.218 e. The van der Waals surface area contributed by atoms with Gasteiger partial charge >= 0.3 is 0 Å². The van der Waals surface area contributed by atoms with Gasteiger partial charge in [-0.25, -0.2) is 9.37 Å². The lowest BCUT2D eigenvalue weighted by Crippen LogP contribution is -2.01. The Morgan fingerprint density at radius 2 is 2.16 bits per heavy atom. The lowest BCUT2D eigenvalue weighted by Gasteiger charge is -2.09. The lowest BCUT2D eigenvalue weighted by atomic mass is 10.2. The molecule has 0 amide bonds. The highest BCUT2D eigenvalue weighted by Crippen LogP contribution is 2.21. The molecule has 2 heterocycles. The van der Waals surface area contributed by atoms with Crippen molar-refractivity contribution in [2.45, 2.75) is 6.54 Å². The number of pyridine rings is 1. The summed E-state index contributed by atoms with van der Waals surface area (Å²) in [4.78, 5) is 4.17. The molecule has 1 aromatic carbocycles. The lowest BCUT2D eigenvalue weighted by molar-refractivity contribution is 0.391. The van der Waals surface area contributed by atoms with E-state index in [0.717, 1.165) is 16.5 Å². The molecule has 19 heavy (non-hydrogen) atoms. The van der Waals surface area contributed by atoms with Gasteiger partial charge in [0.2, 0.25) is 5.88 Å². The molecule has 0 atom stereocenters. The van der Waals surface area contributed by atoms with Gasteiger partial charge in [0.1, 0.15) is 5.82 Å². The van der Waals surface area contributed by atoms with Crippen molar-refractivity contribution in [3.8, 4) is 5.88 Å². The molecule has 0 N–H and O–H groups in total. The van der Waals surface area contributed by atoms with E-state index in [1.807, 2.05) is 29.0 Å². The summed E-state index contributed by atoms with van der Waals surface area (Å²) in [6, 6.07) is 10.6. The van der Waals surface area contributed by atoms with Crippen LogP contribution in [0, 0.1) is 5.82 Å². The maximum atomic E-state index is 13.3. The first kappa shape index (κ1) is 11.7. The van der Waals surface area contributed by atoms with Gasteiger partial charge < -0.3 is 9.30 Å². The number of ether oxygens (including phenoxy) is 1. The number of rotatable bonds is 3. The molecule has 0 radical (unpaired) electrons. The van der Waals surface area contributed by atoms with E-state index < -0.39 is 0 Å². The van der Waals surface area contributed by atoms with E-state index in [-0.39, 0.29) is 5.82 Å². The second-order valence-electron chi connectivity index (χ2n) is 4.32. The first-order valence-electron chi connectivity index (χ1n) is 6.00. The number of hydrogen-bond acceptors (Lipinski definition) is 2.